The summed E-state index contributed by atoms with van der Waals surface area (Å²) in [5, 5.41) is 16.7. The van der Waals surface area contributed by atoms with Gasteiger partial charge in [0.15, 0.2) is 0 Å². The predicted molar refractivity (Wildman–Crippen MR) is 46.5 cm³/mol. The summed E-state index contributed by atoms with van der Waals surface area (Å²) >= 11 is 0. The van der Waals surface area contributed by atoms with Gasteiger partial charge in [-0.1, -0.05) is 0 Å². The fourth-order valence-electron chi connectivity index (χ4n) is 1.09. The van der Waals surface area contributed by atoms with Crippen LogP contribution in [0.3, 0.4) is 0 Å². The first-order chi connectivity index (χ1) is 6.26. The molecule has 6 heteroatoms. The largest absolute Gasteiger partial charge is 0.706 e. The Bertz CT molecular complexity index is 431. The van der Waals surface area contributed by atoms with Crippen molar-refractivity contribution >= 4 is 23.2 Å². The number of aromatic nitrogens is 1. The number of nitrogens with one attached hydrogen (secondary N) is 2. The van der Waals surface area contributed by atoms with Crippen LogP contribution in [-0.4, -0.2) is 14.1 Å². The van der Waals surface area contributed by atoms with Crippen LogP contribution < -0.4 is 15.4 Å². The van der Waals surface area contributed by atoms with E-state index < -0.39 is 0 Å². The van der Waals surface area contributed by atoms with Gasteiger partial charge in [-0.25, -0.2) is 5.32 Å². The van der Waals surface area contributed by atoms with E-state index in [-0.39, 0.29) is 11.7 Å². The third kappa shape index (κ3) is 0.986. The standard InChI is InChI=1S/C7H9N3O3/c1-8-5-3-4-6(13-5)10(11)7(9-2)12-4/h3,8-9H,1-2H3. The van der Waals surface area contributed by atoms with Crippen molar-refractivity contribution in [2.45, 2.75) is 0 Å². The van der Waals surface area contributed by atoms with Crippen LogP contribution in [0.1, 0.15) is 0 Å². The van der Waals surface area contributed by atoms with E-state index in [0.29, 0.717) is 16.2 Å². The highest BCUT2D eigenvalue weighted by Crippen LogP contribution is 2.23. The lowest BCUT2D eigenvalue weighted by Gasteiger charge is -1.96. The normalized spacial score (nSPS) is 10.6. The van der Waals surface area contributed by atoms with Crippen LogP contribution in [0.15, 0.2) is 14.9 Å². The number of rotatable bonds is 2. The predicted octanol–water partition coefficient (Wildman–Crippen LogP) is 0.743. The molecule has 6 nitrogen and oxygen atoms in total. The molecule has 0 saturated carbocycles. The maximum Gasteiger partial charge on any atom is 0.460 e. The molecule has 2 N–H and O–H groups in total. The van der Waals surface area contributed by atoms with Crippen LogP contribution in [0.5, 0.6) is 0 Å². The quantitative estimate of drug-likeness (QED) is 0.530. The highest BCUT2D eigenvalue weighted by molar-refractivity contribution is 5.69. The minimum Gasteiger partial charge on any atom is -0.706 e. The number of fused-ring (bicyclic) bond motifs is 1. The number of hydrogen-bond acceptors (Lipinski definition) is 5. The van der Waals surface area contributed by atoms with Crippen LogP contribution in [0, 0.1) is 5.21 Å². The molecule has 0 spiro atoms. The molecular formula is C7H9N3O3. The first-order valence-electron chi connectivity index (χ1n) is 3.77. The first kappa shape index (κ1) is 7.78. The van der Waals surface area contributed by atoms with Gasteiger partial charge >= 0.3 is 11.7 Å². The van der Waals surface area contributed by atoms with Crippen molar-refractivity contribution in [3.8, 4) is 0 Å². The van der Waals surface area contributed by atoms with Gasteiger partial charge in [0.1, 0.15) is 0 Å². The molecule has 0 amide bonds. The summed E-state index contributed by atoms with van der Waals surface area (Å²) in [7, 11) is 3.30. The minimum atomic E-state index is 0.122. The maximum absolute atomic E-state index is 11.3. The van der Waals surface area contributed by atoms with E-state index >= 15 is 0 Å². The van der Waals surface area contributed by atoms with Crippen LogP contribution in [0.4, 0.5) is 11.9 Å². The van der Waals surface area contributed by atoms with Crippen molar-refractivity contribution in [1.82, 2.24) is 0 Å². The molecule has 0 bridgehead atoms. The lowest BCUT2D eigenvalue weighted by Crippen LogP contribution is -2.27. The number of nitrogens with zero attached hydrogens (tertiary/aromatic N) is 1. The average Bonchev–Trinajstić information content (AvgIpc) is 2.65. The molecule has 0 aromatic carbocycles. The molecule has 0 aliphatic rings. The zero-order chi connectivity index (χ0) is 9.42. The van der Waals surface area contributed by atoms with E-state index in [1.165, 1.54) is 0 Å². The Kier molecular flexibility index (Phi) is 1.54. The Morgan fingerprint density at radius 1 is 1.31 bits per heavy atom. The van der Waals surface area contributed by atoms with E-state index in [1.54, 1.807) is 20.2 Å². The van der Waals surface area contributed by atoms with Crippen molar-refractivity contribution in [1.29, 1.82) is 0 Å². The van der Waals surface area contributed by atoms with Crippen molar-refractivity contribution < 1.29 is 13.6 Å². The molecule has 2 aromatic rings. The van der Waals surface area contributed by atoms with Gasteiger partial charge < -0.3 is 19.4 Å². The fourth-order valence-corrected chi connectivity index (χ4v) is 1.09. The van der Waals surface area contributed by atoms with E-state index in [2.05, 4.69) is 10.6 Å². The van der Waals surface area contributed by atoms with Gasteiger partial charge in [-0.15, -0.1) is 0 Å². The summed E-state index contributed by atoms with van der Waals surface area (Å²) in [5.41, 5.74) is 0.581. The highest BCUT2D eigenvalue weighted by atomic mass is 16.5. The van der Waals surface area contributed by atoms with Crippen molar-refractivity contribution in [2.75, 3.05) is 24.7 Å². The summed E-state index contributed by atoms with van der Waals surface area (Å²) < 4.78 is 10.8. The minimum absolute atomic E-state index is 0.122. The molecule has 2 heterocycles. The molecule has 0 saturated heterocycles. The van der Waals surface area contributed by atoms with E-state index in [9.17, 15) is 5.21 Å². The van der Waals surface area contributed by atoms with Gasteiger partial charge in [0, 0.05) is 13.1 Å². The Hall–Kier alpha value is -1.85. The Morgan fingerprint density at radius 2 is 2.08 bits per heavy atom. The van der Waals surface area contributed by atoms with Gasteiger partial charge in [0.25, 0.3) is 0 Å². The summed E-state index contributed by atoms with van der Waals surface area (Å²) in [5.74, 6) is 0.501. The molecule has 0 atom stereocenters. The van der Waals surface area contributed by atoms with Gasteiger partial charge in [-0.05, 0) is 0 Å². The molecular weight excluding hydrogens is 174 g/mol. The van der Waals surface area contributed by atoms with Crippen LogP contribution in [0.2, 0.25) is 0 Å². The zero-order valence-electron chi connectivity index (χ0n) is 7.25. The summed E-state index contributed by atoms with van der Waals surface area (Å²) in [6.45, 7) is 0. The molecule has 13 heavy (non-hydrogen) atoms. The molecule has 70 valence electrons. The highest BCUT2D eigenvalue weighted by Gasteiger charge is 2.18. The monoisotopic (exact) mass is 183 g/mol. The molecule has 0 fully saturated rings. The average molecular weight is 183 g/mol. The molecule has 0 unspecified atom stereocenters. The third-order valence-electron chi connectivity index (χ3n) is 1.72. The van der Waals surface area contributed by atoms with Gasteiger partial charge in [-0.2, -0.15) is 4.73 Å². The van der Waals surface area contributed by atoms with Crippen LogP contribution in [-0.2, 0) is 0 Å². The molecule has 2 rings (SSSR count). The summed E-state index contributed by atoms with van der Waals surface area (Å²) in [4.78, 5) is 0. The second-order valence-corrected chi connectivity index (χ2v) is 2.48. The number of hydrogen-bond donors (Lipinski definition) is 2. The lowest BCUT2D eigenvalue weighted by atomic mass is 10.6. The van der Waals surface area contributed by atoms with Gasteiger partial charge in [0.2, 0.25) is 11.5 Å². The lowest BCUT2D eigenvalue weighted by molar-refractivity contribution is -0.573. The second-order valence-electron chi connectivity index (χ2n) is 2.48. The molecule has 0 aliphatic heterocycles. The number of oxazole rings is 1. The maximum atomic E-state index is 11.3. The van der Waals surface area contributed by atoms with E-state index in [1.807, 2.05) is 0 Å². The van der Waals surface area contributed by atoms with E-state index in [0.717, 1.165) is 0 Å². The third-order valence-corrected chi connectivity index (χ3v) is 1.72. The topological polar surface area (TPSA) is 77.3 Å². The molecule has 0 aliphatic carbocycles. The van der Waals surface area contributed by atoms with Crippen molar-refractivity contribution in [3.05, 3.63) is 11.3 Å². The summed E-state index contributed by atoms with van der Waals surface area (Å²) in [6.07, 6.45) is 0. The number of furan rings is 1. The Balaban J connectivity index is 2.62. The summed E-state index contributed by atoms with van der Waals surface area (Å²) in [6, 6.07) is 1.74. The Labute approximate surface area is 73.7 Å². The van der Waals surface area contributed by atoms with Crippen LogP contribution >= 0.6 is 0 Å². The first-order valence-corrected chi connectivity index (χ1v) is 3.77. The Morgan fingerprint density at radius 3 is 2.62 bits per heavy atom. The van der Waals surface area contributed by atoms with Gasteiger partial charge in [0.05, 0.1) is 7.05 Å². The fraction of sp³-hybridized carbons (Fsp3) is 0.286. The number of anilines is 2. The zero-order valence-corrected chi connectivity index (χ0v) is 7.25. The van der Waals surface area contributed by atoms with Crippen molar-refractivity contribution in [3.63, 3.8) is 0 Å². The molecule has 0 radical (unpaired) electrons. The molecule has 2 aromatic heterocycles. The second kappa shape index (κ2) is 2.58. The van der Waals surface area contributed by atoms with Crippen LogP contribution in [0.25, 0.3) is 11.3 Å². The SMILES string of the molecule is CNc1cc2oc(NC)[n+]([O-])c2o1. The van der Waals surface area contributed by atoms with E-state index in [4.69, 9.17) is 8.83 Å². The smallest absolute Gasteiger partial charge is 0.460 e. The van der Waals surface area contributed by atoms with Gasteiger partial charge in [-0.3, -0.25) is 0 Å². The van der Waals surface area contributed by atoms with Crippen molar-refractivity contribution in [2.24, 2.45) is 0 Å².